The Balaban J connectivity index is 0.000000559. The van der Waals surface area contributed by atoms with Crippen molar-refractivity contribution >= 4 is 59.0 Å². The first kappa shape index (κ1) is 31.3. The molecule has 2 aliphatic heterocycles. The average molecular weight is 623 g/mol. The molecule has 2 fully saturated rings. The first-order valence-electron chi connectivity index (χ1n) is 11.6. The number of aliphatic carboxylic acids is 1. The molecule has 2 aliphatic rings. The van der Waals surface area contributed by atoms with Crippen LogP contribution in [-0.4, -0.2) is 69.2 Å². The third kappa shape index (κ3) is 8.91. The molecule has 0 bridgehead atoms. The highest BCUT2D eigenvalue weighted by Crippen LogP contribution is 2.32. The molecular formula is C24H23Cl2F3N4O6S. The molecule has 0 aliphatic carbocycles. The normalized spacial score (nSPS) is 18.7. The number of benzene rings is 2. The van der Waals surface area contributed by atoms with Crippen molar-refractivity contribution < 1.29 is 42.2 Å². The summed E-state index contributed by atoms with van der Waals surface area (Å²) in [6.07, 6.45) is -3.49. The van der Waals surface area contributed by atoms with Gasteiger partial charge in [-0.25, -0.2) is 9.59 Å². The number of nitrogens with one attached hydrogen (secondary N) is 2. The van der Waals surface area contributed by atoms with Crippen LogP contribution in [0, 0.1) is 0 Å². The molecule has 16 heteroatoms. The van der Waals surface area contributed by atoms with Crippen LogP contribution in [0.2, 0.25) is 10.0 Å². The monoisotopic (exact) mass is 622 g/mol. The van der Waals surface area contributed by atoms with Gasteiger partial charge < -0.3 is 20.5 Å². The SMILES string of the molecule is O=C(NC1SN(Cc2ccc(Cl)cc2)C(=O)N1COC(=O)C1CCCN1)c1ccc(Cl)cc1.O=C(O)C(F)(F)F. The zero-order valence-electron chi connectivity index (χ0n) is 20.5. The van der Waals surface area contributed by atoms with Crippen LogP contribution in [-0.2, 0) is 20.9 Å². The van der Waals surface area contributed by atoms with Gasteiger partial charge in [-0.15, -0.1) is 0 Å². The average Bonchev–Trinajstić information content (AvgIpc) is 3.53. The van der Waals surface area contributed by atoms with Gasteiger partial charge >= 0.3 is 24.1 Å². The fourth-order valence-corrected chi connectivity index (χ4v) is 4.81. The van der Waals surface area contributed by atoms with Crippen molar-refractivity contribution in [2.75, 3.05) is 13.3 Å². The van der Waals surface area contributed by atoms with Crippen molar-refractivity contribution in [3.63, 3.8) is 0 Å². The summed E-state index contributed by atoms with van der Waals surface area (Å²) in [6, 6.07) is 12.8. The van der Waals surface area contributed by atoms with Crippen LogP contribution in [0.15, 0.2) is 48.5 Å². The van der Waals surface area contributed by atoms with Crippen LogP contribution < -0.4 is 10.6 Å². The maximum Gasteiger partial charge on any atom is 0.490 e. The number of halogens is 5. The number of esters is 1. The number of carbonyl (C=O) groups is 4. The van der Waals surface area contributed by atoms with Crippen LogP contribution >= 0.6 is 35.1 Å². The highest BCUT2D eigenvalue weighted by molar-refractivity contribution is 7.98. The van der Waals surface area contributed by atoms with Gasteiger partial charge in [-0.1, -0.05) is 35.3 Å². The maximum atomic E-state index is 13.1. The fraction of sp³-hybridized carbons (Fsp3) is 0.333. The Bertz CT molecular complexity index is 1210. The molecule has 0 spiro atoms. The van der Waals surface area contributed by atoms with Crippen molar-refractivity contribution in [2.24, 2.45) is 0 Å². The van der Waals surface area contributed by atoms with Crippen molar-refractivity contribution in [3.8, 4) is 0 Å². The summed E-state index contributed by atoms with van der Waals surface area (Å²) in [5.74, 6) is -3.55. The van der Waals surface area contributed by atoms with Crippen molar-refractivity contribution in [1.82, 2.24) is 19.8 Å². The Labute approximate surface area is 240 Å². The van der Waals surface area contributed by atoms with E-state index < -0.39 is 23.6 Å². The number of urea groups is 1. The number of hydrogen-bond donors (Lipinski definition) is 3. The van der Waals surface area contributed by atoms with Gasteiger partial charge in [-0.05, 0) is 61.3 Å². The predicted molar refractivity (Wildman–Crippen MR) is 140 cm³/mol. The molecule has 40 heavy (non-hydrogen) atoms. The summed E-state index contributed by atoms with van der Waals surface area (Å²) in [7, 11) is 0. The highest BCUT2D eigenvalue weighted by Gasteiger charge is 2.41. The Morgan fingerprint density at radius 2 is 1.65 bits per heavy atom. The van der Waals surface area contributed by atoms with E-state index >= 15 is 0 Å². The van der Waals surface area contributed by atoms with Gasteiger partial charge in [0, 0.05) is 27.6 Å². The number of hydrogen-bond acceptors (Lipinski definition) is 7. The second kappa shape index (κ2) is 13.9. The minimum absolute atomic E-state index is 0.272. The summed E-state index contributed by atoms with van der Waals surface area (Å²) in [6.45, 7) is 0.779. The lowest BCUT2D eigenvalue weighted by Gasteiger charge is -2.23. The molecule has 0 aromatic heterocycles. The van der Waals surface area contributed by atoms with E-state index in [-0.39, 0.29) is 24.7 Å². The fourth-order valence-electron chi connectivity index (χ4n) is 3.47. The number of amides is 3. The minimum Gasteiger partial charge on any atom is -0.475 e. The summed E-state index contributed by atoms with van der Waals surface area (Å²) in [5.41, 5.74) is 0.519. The number of ether oxygens (including phenoxy) is 1. The van der Waals surface area contributed by atoms with Crippen LogP contribution in [0.1, 0.15) is 28.8 Å². The van der Waals surface area contributed by atoms with Crippen LogP contribution in [0.4, 0.5) is 18.0 Å². The summed E-state index contributed by atoms with van der Waals surface area (Å²) in [5, 5.41) is 14.1. The Morgan fingerprint density at radius 3 is 2.17 bits per heavy atom. The lowest BCUT2D eigenvalue weighted by Crippen LogP contribution is -2.47. The molecule has 2 saturated heterocycles. The van der Waals surface area contributed by atoms with E-state index in [9.17, 15) is 27.6 Å². The Kier molecular flexibility index (Phi) is 10.9. The van der Waals surface area contributed by atoms with Crippen molar-refractivity contribution in [1.29, 1.82) is 0 Å². The topological polar surface area (TPSA) is 128 Å². The van der Waals surface area contributed by atoms with Crippen LogP contribution in [0.25, 0.3) is 0 Å². The number of nitrogens with zero attached hydrogens (tertiary/aromatic N) is 2. The number of carboxylic acids is 1. The molecule has 4 rings (SSSR count). The summed E-state index contributed by atoms with van der Waals surface area (Å²) < 4.78 is 38.7. The second-order valence-electron chi connectivity index (χ2n) is 8.40. The summed E-state index contributed by atoms with van der Waals surface area (Å²) >= 11 is 13.0. The van der Waals surface area contributed by atoms with Gasteiger partial charge in [0.25, 0.3) is 5.91 Å². The van der Waals surface area contributed by atoms with Gasteiger partial charge in [0.1, 0.15) is 6.04 Å². The van der Waals surface area contributed by atoms with E-state index in [1.165, 1.54) is 9.21 Å². The summed E-state index contributed by atoms with van der Waals surface area (Å²) in [4.78, 5) is 48.4. The van der Waals surface area contributed by atoms with E-state index in [2.05, 4.69) is 10.6 Å². The second-order valence-corrected chi connectivity index (χ2v) is 10.4. The molecule has 216 valence electrons. The first-order valence-corrected chi connectivity index (χ1v) is 13.2. The van der Waals surface area contributed by atoms with E-state index in [4.69, 9.17) is 37.8 Å². The van der Waals surface area contributed by atoms with Gasteiger partial charge in [0.15, 0.2) is 12.2 Å². The van der Waals surface area contributed by atoms with Gasteiger partial charge in [-0.2, -0.15) is 13.2 Å². The zero-order chi connectivity index (χ0) is 29.4. The molecule has 2 unspecified atom stereocenters. The van der Waals surface area contributed by atoms with Crippen LogP contribution in [0.3, 0.4) is 0 Å². The smallest absolute Gasteiger partial charge is 0.475 e. The lowest BCUT2D eigenvalue weighted by atomic mass is 10.2. The first-order chi connectivity index (χ1) is 18.8. The maximum absolute atomic E-state index is 13.1. The zero-order valence-corrected chi connectivity index (χ0v) is 22.8. The van der Waals surface area contributed by atoms with Gasteiger partial charge in [-0.3, -0.25) is 18.8 Å². The predicted octanol–water partition coefficient (Wildman–Crippen LogP) is 4.48. The number of rotatable bonds is 7. The quantitative estimate of drug-likeness (QED) is 0.305. The molecule has 3 amide bonds. The van der Waals surface area contributed by atoms with Crippen LogP contribution in [0.5, 0.6) is 0 Å². The molecule has 2 heterocycles. The molecule has 2 atom stereocenters. The molecule has 0 saturated carbocycles. The van der Waals surface area contributed by atoms with E-state index in [1.54, 1.807) is 36.4 Å². The molecule has 10 nitrogen and oxygen atoms in total. The number of alkyl halides is 3. The third-order valence-corrected chi connectivity index (χ3v) is 7.12. The Morgan fingerprint density at radius 1 is 1.07 bits per heavy atom. The highest BCUT2D eigenvalue weighted by atomic mass is 35.5. The molecule has 3 N–H and O–H groups in total. The molecule has 2 aromatic rings. The third-order valence-electron chi connectivity index (χ3n) is 5.50. The van der Waals surface area contributed by atoms with E-state index in [1.807, 2.05) is 12.1 Å². The van der Waals surface area contributed by atoms with E-state index in [0.717, 1.165) is 30.5 Å². The lowest BCUT2D eigenvalue weighted by molar-refractivity contribution is -0.192. The largest absolute Gasteiger partial charge is 0.490 e. The molecule has 0 radical (unpaired) electrons. The number of carbonyl (C=O) groups excluding carboxylic acids is 3. The minimum atomic E-state index is -5.08. The Hall–Kier alpha value is -3.20. The van der Waals surface area contributed by atoms with Crippen molar-refractivity contribution in [3.05, 3.63) is 69.7 Å². The number of carboxylic acid groups (broad SMARTS) is 1. The standard InChI is InChI=1S/C22H22Cl2N4O4S.C2HF3O2/c23-16-7-3-14(4-8-16)12-28-22(31)27(13-32-20(30)18-2-1-11-25-18)21(33-28)26-19(29)15-5-9-17(24)10-6-15;3-2(4,5)1(6)7/h3-10,18,21,25H,1-2,11-13H2,(H,26,29);(H,6,7). The van der Waals surface area contributed by atoms with Gasteiger partial charge in [0.05, 0.1) is 6.54 Å². The van der Waals surface area contributed by atoms with E-state index in [0.29, 0.717) is 28.6 Å². The molecule has 2 aromatic carbocycles. The molecular weight excluding hydrogens is 600 g/mol. The van der Waals surface area contributed by atoms with Crippen molar-refractivity contribution in [2.45, 2.75) is 37.1 Å². The van der Waals surface area contributed by atoms with Gasteiger partial charge in [0.2, 0.25) is 0 Å².